The van der Waals surface area contributed by atoms with Crippen LogP contribution >= 0.6 is 0 Å². The lowest BCUT2D eigenvalue weighted by Crippen LogP contribution is -2.40. The Balaban J connectivity index is 2.03. The predicted octanol–water partition coefficient (Wildman–Crippen LogP) is 3.76. The Labute approximate surface area is 130 Å². The van der Waals surface area contributed by atoms with Crippen LogP contribution in [0.3, 0.4) is 0 Å². The second kappa shape index (κ2) is 6.52. The van der Waals surface area contributed by atoms with Gasteiger partial charge in [-0.05, 0) is 51.8 Å². The Morgan fingerprint density at radius 3 is 2.55 bits per heavy atom. The molecule has 122 valence electrons. The van der Waals surface area contributed by atoms with E-state index in [1.807, 2.05) is 0 Å². The summed E-state index contributed by atoms with van der Waals surface area (Å²) in [6.07, 6.45) is 1.40. The molecule has 22 heavy (non-hydrogen) atoms. The van der Waals surface area contributed by atoms with Crippen LogP contribution in [0.25, 0.3) is 0 Å². The smallest absolute Gasteiger partial charge is 0.412 e. The fraction of sp³-hybridized carbons (Fsp3) is 0.562. The predicted molar refractivity (Wildman–Crippen MR) is 83.7 cm³/mol. The number of methoxy groups -OCH3 is 1. The summed E-state index contributed by atoms with van der Waals surface area (Å²) in [5.41, 5.74) is 0.458. The van der Waals surface area contributed by atoms with Crippen molar-refractivity contribution in [3.63, 3.8) is 0 Å². The van der Waals surface area contributed by atoms with Crippen molar-refractivity contribution in [1.29, 1.82) is 0 Å². The first-order chi connectivity index (χ1) is 10.3. The number of rotatable bonds is 4. The molecule has 2 N–H and O–H groups in total. The molecule has 0 aromatic heterocycles. The molecule has 0 bridgehead atoms. The van der Waals surface area contributed by atoms with Crippen LogP contribution in [-0.4, -0.2) is 30.9 Å². The van der Waals surface area contributed by atoms with Gasteiger partial charge >= 0.3 is 6.09 Å². The SMILES string of the molecule is COC1CC(Nc2cc(F)ccc2NC(=O)OC(C)(C)C)C1. The summed E-state index contributed by atoms with van der Waals surface area (Å²) in [6, 6.07) is 4.41. The van der Waals surface area contributed by atoms with Gasteiger partial charge in [0.15, 0.2) is 0 Å². The van der Waals surface area contributed by atoms with Crippen LogP contribution in [0, 0.1) is 5.82 Å². The molecule has 1 aromatic carbocycles. The minimum absolute atomic E-state index is 0.214. The summed E-state index contributed by atoms with van der Waals surface area (Å²) in [5.74, 6) is -0.361. The molecule has 6 heteroatoms. The van der Waals surface area contributed by atoms with Crippen molar-refractivity contribution >= 4 is 17.5 Å². The Hall–Kier alpha value is -1.82. The molecule has 0 atom stereocenters. The summed E-state index contributed by atoms with van der Waals surface area (Å²) in [5, 5.41) is 5.88. The van der Waals surface area contributed by atoms with Gasteiger partial charge in [-0.15, -0.1) is 0 Å². The molecule has 0 saturated heterocycles. The topological polar surface area (TPSA) is 59.6 Å². The van der Waals surface area contributed by atoms with Gasteiger partial charge in [-0.1, -0.05) is 0 Å². The van der Waals surface area contributed by atoms with Gasteiger partial charge in [0, 0.05) is 13.2 Å². The van der Waals surface area contributed by atoms with Crippen molar-refractivity contribution in [2.75, 3.05) is 17.7 Å². The maximum atomic E-state index is 13.5. The van der Waals surface area contributed by atoms with E-state index in [1.165, 1.54) is 18.2 Å². The summed E-state index contributed by atoms with van der Waals surface area (Å²) in [4.78, 5) is 11.9. The Morgan fingerprint density at radius 1 is 1.27 bits per heavy atom. The normalized spacial score (nSPS) is 21.0. The first kappa shape index (κ1) is 16.5. The first-order valence-electron chi connectivity index (χ1n) is 7.36. The van der Waals surface area contributed by atoms with Crippen LogP contribution in [0.1, 0.15) is 33.6 Å². The number of anilines is 2. The van der Waals surface area contributed by atoms with Crippen molar-refractivity contribution in [2.45, 2.75) is 51.4 Å². The monoisotopic (exact) mass is 310 g/mol. The number of amides is 1. The van der Waals surface area contributed by atoms with Gasteiger partial charge in [-0.3, -0.25) is 5.32 Å². The molecule has 0 radical (unpaired) electrons. The van der Waals surface area contributed by atoms with E-state index < -0.39 is 11.7 Å². The third-order valence-corrected chi connectivity index (χ3v) is 3.41. The number of hydrogen-bond acceptors (Lipinski definition) is 4. The fourth-order valence-corrected chi connectivity index (χ4v) is 2.25. The second-order valence-corrected chi connectivity index (χ2v) is 6.49. The van der Waals surface area contributed by atoms with Crippen molar-refractivity contribution in [1.82, 2.24) is 0 Å². The lowest BCUT2D eigenvalue weighted by molar-refractivity contribution is 0.0328. The van der Waals surface area contributed by atoms with Gasteiger partial charge in [0.25, 0.3) is 0 Å². The van der Waals surface area contributed by atoms with E-state index in [9.17, 15) is 9.18 Å². The number of nitrogens with one attached hydrogen (secondary N) is 2. The minimum Gasteiger partial charge on any atom is -0.444 e. The van der Waals surface area contributed by atoms with Gasteiger partial charge in [0.1, 0.15) is 11.4 Å². The van der Waals surface area contributed by atoms with E-state index >= 15 is 0 Å². The number of carbonyl (C=O) groups excluding carboxylic acids is 1. The summed E-state index contributed by atoms with van der Waals surface area (Å²) in [7, 11) is 1.68. The summed E-state index contributed by atoms with van der Waals surface area (Å²) in [6.45, 7) is 5.36. The van der Waals surface area contributed by atoms with E-state index in [0.717, 1.165) is 12.8 Å². The number of carbonyl (C=O) groups is 1. The van der Waals surface area contributed by atoms with Gasteiger partial charge in [0.2, 0.25) is 0 Å². The highest BCUT2D eigenvalue weighted by Gasteiger charge is 2.29. The average molecular weight is 310 g/mol. The molecule has 0 spiro atoms. The first-order valence-corrected chi connectivity index (χ1v) is 7.36. The van der Waals surface area contributed by atoms with E-state index in [0.29, 0.717) is 11.4 Å². The molecule has 0 unspecified atom stereocenters. The average Bonchev–Trinajstić information content (AvgIpc) is 2.34. The van der Waals surface area contributed by atoms with Gasteiger partial charge in [-0.2, -0.15) is 0 Å². The molecular weight excluding hydrogens is 287 g/mol. The van der Waals surface area contributed by atoms with Crippen LogP contribution in [0.2, 0.25) is 0 Å². The second-order valence-electron chi connectivity index (χ2n) is 6.49. The van der Waals surface area contributed by atoms with Gasteiger partial charge in [0.05, 0.1) is 17.5 Å². The zero-order valence-corrected chi connectivity index (χ0v) is 13.4. The number of halogens is 1. The number of hydrogen-bond donors (Lipinski definition) is 2. The van der Waals surface area contributed by atoms with E-state index in [4.69, 9.17) is 9.47 Å². The molecule has 1 aromatic rings. The van der Waals surface area contributed by atoms with Crippen LogP contribution in [-0.2, 0) is 9.47 Å². The zero-order chi connectivity index (χ0) is 16.3. The molecule has 0 aliphatic heterocycles. The lowest BCUT2D eigenvalue weighted by atomic mass is 9.89. The maximum Gasteiger partial charge on any atom is 0.412 e. The third-order valence-electron chi connectivity index (χ3n) is 3.41. The summed E-state index contributed by atoms with van der Waals surface area (Å²) >= 11 is 0. The molecule has 1 fully saturated rings. The van der Waals surface area contributed by atoms with Crippen LogP contribution in [0.4, 0.5) is 20.6 Å². The largest absolute Gasteiger partial charge is 0.444 e. The number of ether oxygens (including phenoxy) is 2. The van der Waals surface area contributed by atoms with Gasteiger partial charge in [-0.25, -0.2) is 9.18 Å². The van der Waals surface area contributed by atoms with Crippen LogP contribution in [0.5, 0.6) is 0 Å². The molecule has 1 saturated carbocycles. The van der Waals surface area contributed by atoms with E-state index in [-0.39, 0.29) is 18.0 Å². The Morgan fingerprint density at radius 2 is 1.95 bits per heavy atom. The number of benzene rings is 1. The van der Waals surface area contributed by atoms with Crippen molar-refractivity contribution in [3.8, 4) is 0 Å². The fourth-order valence-electron chi connectivity index (χ4n) is 2.25. The highest BCUT2D eigenvalue weighted by molar-refractivity contribution is 5.89. The highest BCUT2D eigenvalue weighted by atomic mass is 19.1. The van der Waals surface area contributed by atoms with Crippen LogP contribution in [0.15, 0.2) is 18.2 Å². The Kier molecular flexibility index (Phi) is 4.90. The van der Waals surface area contributed by atoms with E-state index in [2.05, 4.69) is 10.6 Å². The van der Waals surface area contributed by atoms with Crippen molar-refractivity contribution in [2.24, 2.45) is 0 Å². The molecule has 1 aliphatic carbocycles. The summed E-state index contributed by atoms with van der Waals surface area (Å²) < 4.78 is 23.9. The zero-order valence-electron chi connectivity index (χ0n) is 13.4. The highest BCUT2D eigenvalue weighted by Crippen LogP contribution is 2.30. The standard InChI is InChI=1S/C16H23FN2O3/c1-16(2,3)22-15(20)19-13-6-5-10(17)7-14(13)18-11-8-12(9-11)21-4/h5-7,11-12,18H,8-9H2,1-4H3,(H,19,20). The molecule has 5 nitrogen and oxygen atoms in total. The minimum atomic E-state index is -0.586. The van der Waals surface area contributed by atoms with Crippen molar-refractivity contribution in [3.05, 3.63) is 24.0 Å². The maximum absolute atomic E-state index is 13.5. The third kappa shape index (κ3) is 4.59. The van der Waals surface area contributed by atoms with Crippen LogP contribution < -0.4 is 10.6 Å². The Bertz CT molecular complexity index is 537. The lowest BCUT2D eigenvalue weighted by Gasteiger charge is -2.35. The molecule has 1 amide bonds. The quantitative estimate of drug-likeness (QED) is 0.889. The molecule has 0 heterocycles. The molecule has 1 aliphatic rings. The molecule has 2 rings (SSSR count). The molecular formula is C16H23FN2O3. The van der Waals surface area contributed by atoms with E-state index in [1.54, 1.807) is 27.9 Å². The van der Waals surface area contributed by atoms with Crippen molar-refractivity contribution < 1.29 is 18.7 Å². The van der Waals surface area contributed by atoms with Gasteiger partial charge < -0.3 is 14.8 Å².